The molecule has 1 heterocycles. The number of allylic oxidation sites excluding steroid dienone is 1. The molecule has 1 aliphatic heterocycles. The summed E-state index contributed by atoms with van der Waals surface area (Å²) in [6.07, 6.45) is 2.14. The minimum atomic E-state index is -0.111. The number of anilines is 2. The predicted octanol–water partition coefficient (Wildman–Crippen LogP) is 4.84. The molecule has 3 rings (SSSR count). The van der Waals surface area contributed by atoms with E-state index in [1.165, 1.54) is 0 Å². The summed E-state index contributed by atoms with van der Waals surface area (Å²) in [5.74, 6) is 0.484. The summed E-state index contributed by atoms with van der Waals surface area (Å²) in [6.45, 7) is 9.43. The Kier molecular flexibility index (Phi) is 6.83. The lowest BCUT2D eigenvalue weighted by molar-refractivity contribution is -0.120. The van der Waals surface area contributed by atoms with Crippen LogP contribution >= 0.6 is 11.6 Å². The van der Waals surface area contributed by atoms with Crippen LogP contribution < -0.4 is 20.3 Å². The molecule has 1 atom stereocenters. The minimum absolute atomic E-state index is 0.0534. The monoisotopic (exact) mass is 413 g/mol. The second-order valence-corrected chi connectivity index (χ2v) is 8.21. The van der Waals surface area contributed by atoms with Gasteiger partial charge >= 0.3 is 0 Å². The van der Waals surface area contributed by atoms with E-state index in [4.69, 9.17) is 16.3 Å². The number of nitrogens with one attached hydrogen (secondary N) is 2. The van der Waals surface area contributed by atoms with Crippen LogP contribution in [-0.2, 0) is 4.79 Å². The number of carbonyl (C=O) groups is 1. The molecule has 154 valence electrons. The second-order valence-electron chi connectivity index (χ2n) is 7.77. The fraction of sp³-hybridized carbons (Fsp3) is 0.348. The van der Waals surface area contributed by atoms with Crippen molar-refractivity contribution in [3.8, 4) is 5.75 Å². The quantitative estimate of drug-likeness (QED) is 0.650. The van der Waals surface area contributed by atoms with Gasteiger partial charge in [-0.15, -0.1) is 0 Å². The van der Waals surface area contributed by atoms with Crippen molar-refractivity contribution in [1.29, 1.82) is 0 Å². The Hall–Kier alpha value is -2.50. The number of halogens is 1. The maximum atomic E-state index is 13.1. The largest absolute Gasteiger partial charge is 0.484 e. The first-order chi connectivity index (χ1) is 13.8. The number of rotatable bonds is 8. The van der Waals surface area contributed by atoms with Gasteiger partial charge in [0.25, 0.3) is 5.91 Å². The third-order valence-electron chi connectivity index (χ3n) is 4.96. The molecule has 1 aliphatic rings. The summed E-state index contributed by atoms with van der Waals surface area (Å²) >= 11 is 6.01. The van der Waals surface area contributed by atoms with Gasteiger partial charge in [0.2, 0.25) is 0 Å². The molecule has 6 heteroatoms. The summed E-state index contributed by atoms with van der Waals surface area (Å²) in [5, 5.41) is 7.29. The smallest absolute Gasteiger partial charge is 0.264 e. The molecule has 5 nitrogen and oxygen atoms in total. The zero-order valence-electron chi connectivity index (χ0n) is 17.0. The molecule has 1 amide bonds. The number of amides is 1. The van der Waals surface area contributed by atoms with Crippen LogP contribution in [0.15, 0.2) is 60.8 Å². The SMILES string of the molecule is C=C(C)Nc1ccc(N(C[C@]2(C)CCCN2)C(=O)COc2cccc(Cl)c2)cc1. The summed E-state index contributed by atoms with van der Waals surface area (Å²) in [6, 6.07) is 14.9. The van der Waals surface area contributed by atoms with Gasteiger partial charge in [-0.25, -0.2) is 0 Å². The molecule has 0 bridgehead atoms. The molecule has 0 aliphatic carbocycles. The van der Waals surface area contributed by atoms with Gasteiger partial charge in [0, 0.05) is 34.2 Å². The summed E-state index contributed by atoms with van der Waals surface area (Å²) in [7, 11) is 0. The molecule has 2 aromatic rings. The predicted molar refractivity (Wildman–Crippen MR) is 120 cm³/mol. The maximum absolute atomic E-state index is 13.1. The van der Waals surface area contributed by atoms with Gasteiger partial charge < -0.3 is 20.3 Å². The fourth-order valence-corrected chi connectivity index (χ4v) is 3.70. The van der Waals surface area contributed by atoms with Gasteiger partial charge in [-0.2, -0.15) is 0 Å². The standard InChI is InChI=1S/C23H28ClN3O2/c1-17(2)26-19-8-10-20(11-9-19)27(16-23(3)12-5-13-25-23)22(28)15-29-21-7-4-6-18(24)14-21/h4,6-11,14,25-26H,1,5,12-13,15-16H2,2-3H3/t23-/m0/s1. The number of hydrogen-bond acceptors (Lipinski definition) is 4. The highest BCUT2D eigenvalue weighted by atomic mass is 35.5. The molecular formula is C23H28ClN3O2. The number of ether oxygens (including phenoxy) is 1. The van der Waals surface area contributed by atoms with Crippen LogP contribution in [0.1, 0.15) is 26.7 Å². The van der Waals surface area contributed by atoms with E-state index < -0.39 is 0 Å². The average Bonchev–Trinajstić information content (AvgIpc) is 3.11. The van der Waals surface area contributed by atoms with Crippen molar-refractivity contribution in [2.24, 2.45) is 0 Å². The van der Waals surface area contributed by atoms with Crippen LogP contribution in [0.25, 0.3) is 0 Å². The van der Waals surface area contributed by atoms with E-state index >= 15 is 0 Å². The number of benzene rings is 2. The zero-order valence-corrected chi connectivity index (χ0v) is 17.8. The first-order valence-electron chi connectivity index (χ1n) is 9.81. The fourth-order valence-electron chi connectivity index (χ4n) is 3.52. The van der Waals surface area contributed by atoms with Crippen LogP contribution in [0.3, 0.4) is 0 Å². The first kappa shape index (κ1) is 21.2. The summed E-state index contributed by atoms with van der Waals surface area (Å²) in [5.41, 5.74) is 2.53. The molecule has 1 saturated heterocycles. The molecule has 1 fully saturated rings. The normalized spacial score (nSPS) is 18.3. The Morgan fingerprint density at radius 3 is 2.69 bits per heavy atom. The van der Waals surface area contributed by atoms with E-state index in [0.29, 0.717) is 17.3 Å². The summed E-state index contributed by atoms with van der Waals surface area (Å²) < 4.78 is 5.70. The van der Waals surface area contributed by atoms with Crippen molar-refractivity contribution in [2.75, 3.05) is 29.9 Å². The van der Waals surface area contributed by atoms with E-state index in [-0.39, 0.29) is 18.1 Å². The number of hydrogen-bond donors (Lipinski definition) is 2. The highest BCUT2D eigenvalue weighted by molar-refractivity contribution is 6.30. The van der Waals surface area contributed by atoms with E-state index in [9.17, 15) is 4.79 Å². The Morgan fingerprint density at radius 2 is 2.07 bits per heavy atom. The number of carbonyl (C=O) groups excluding carboxylic acids is 1. The van der Waals surface area contributed by atoms with Gasteiger partial charge in [0.15, 0.2) is 6.61 Å². The highest BCUT2D eigenvalue weighted by Crippen LogP contribution is 2.26. The first-order valence-corrected chi connectivity index (χ1v) is 10.2. The lowest BCUT2D eigenvalue weighted by Crippen LogP contribution is -2.50. The number of nitrogens with zero attached hydrogens (tertiary/aromatic N) is 1. The van der Waals surface area contributed by atoms with Crippen LogP contribution in [0.5, 0.6) is 5.75 Å². The maximum Gasteiger partial charge on any atom is 0.264 e. The highest BCUT2D eigenvalue weighted by Gasteiger charge is 2.32. The molecule has 0 radical (unpaired) electrons. The molecule has 0 saturated carbocycles. The van der Waals surface area contributed by atoms with Crippen molar-refractivity contribution in [1.82, 2.24) is 5.32 Å². The van der Waals surface area contributed by atoms with Crippen molar-refractivity contribution in [3.63, 3.8) is 0 Å². The lowest BCUT2D eigenvalue weighted by Gasteiger charge is -2.33. The molecule has 0 unspecified atom stereocenters. The van der Waals surface area contributed by atoms with Crippen molar-refractivity contribution in [2.45, 2.75) is 32.2 Å². The Bertz CT molecular complexity index is 861. The van der Waals surface area contributed by atoms with Crippen LogP contribution in [0.2, 0.25) is 5.02 Å². The van der Waals surface area contributed by atoms with Gasteiger partial charge in [-0.1, -0.05) is 24.2 Å². The van der Waals surface area contributed by atoms with Crippen LogP contribution in [-0.4, -0.2) is 31.1 Å². The van der Waals surface area contributed by atoms with Crippen LogP contribution in [0.4, 0.5) is 11.4 Å². The van der Waals surface area contributed by atoms with Crippen molar-refractivity contribution in [3.05, 3.63) is 65.8 Å². The molecule has 29 heavy (non-hydrogen) atoms. The van der Waals surface area contributed by atoms with E-state index in [1.54, 1.807) is 29.2 Å². The average molecular weight is 414 g/mol. The van der Waals surface area contributed by atoms with E-state index in [1.807, 2.05) is 31.2 Å². The topological polar surface area (TPSA) is 53.6 Å². The van der Waals surface area contributed by atoms with Crippen molar-refractivity contribution >= 4 is 28.9 Å². The zero-order chi connectivity index (χ0) is 20.9. The molecule has 2 aromatic carbocycles. The minimum Gasteiger partial charge on any atom is -0.484 e. The molecular weight excluding hydrogens is 386 g/mol. The Balaban J connectivity index is 1.76. The van der Waals surface area contributed by atoms with Crippen LogP contribution in [0, 0.1) is 0 Å². The molecule has 0 spiro atoms. The van der Waals surface area contributed by atoms with Gasteiger partial charge in [-0.05, 0) is 75.7 Å². The van der Waals surface area contributed by atoms with E-state index in [2.05, 4.69) is 24.1 Å². The Morgan fingerprint density at radius 1 is 1.31 bits per heavy atom. The second kappa shape index (κ2) is 9.33. The van der Waals surface area contributed by atoms with Gasteiger partial charge in [-0.3, -0.25) is 4.79 Å². The van der Waals surface area contributed by atoms with E-state index in [0.717, 1.165) is 36.5 Å². The van der Waals surface area contributed by atoms with Gasteiger partial charge in [0.05, 0.1) is 0 Å². The third-order valence-corrected chi connectivity index (χ3v) is 5.20. The molecule has 0 aromatic heterocycles. The third kappa shape index (κ3) is 5.99. The lowest BCUT2D eigenvalue weighted by atomic mass is 9.99. The van der Waals surface area contributed by atoms with Gasteiger partial charge in [0.1, 0.15) is 5.75 Å². The van der Waals surface area contributed by atoms with Crippen molar-refractivity contribution < 1.29 is 9.53 Å². The Labute approximate surface area is 177 Å². The summed E-state index contributed by atoms with van der Waals surface area (Å²) in [4.78, 5) is 14.9. The molecule has 2 N–H and O–H groups in total.